The molecule has 0 aromatic heterocycles. The number of halogens is 2. The molecule has 0 amide bonds. The fourth-order valence-electron chi connectivity index (χ4n) is 0. The van der Waals surface area contributed by atoms with Gasteiger partial charge in [0.25, 0.3) is 0 Å². The monoisotopic (exact) mass is 165 g/mol. The van der Waals surface area contributed by atoms with Crippen molar-refractivity contribution in [1.82, 2.24) is 0 Å². The van der Waals surface area contributed by atoms with Gasteiger partial charge in [0.05, 0.1) is 0 Å². The first-order chi connectivity index (χ1) is 2.00. The minimum Gasteiger partial charge on any atom is -0.572 e. The summed E-state index contributed by atoms with van der Waals surface area (Å²) in [4.78, 5) is 0. The molecule has 0 atom stereocenters. The molecule has 0 saturated heterocycles. The fraction of sp³-hybridized carbons (Fsp3) is 0. The predicted octanol–water partition coefficient (Wildman–Crippen LogP) is 0.833. The standard InChI is InChI=1S/Cu.2FS/c;2*1-2/q+2;2*-1. The van der Waals surface area contributed by atoms with Gasteiger partial charge in [-0.15, -0.1) is 0 Å². The van der Waals surface area contributed by atoms with Crippen molar-refractivity contribution >= 4 is 26.0 Å². The Labute approximate surface area is 51.2 Å². The zero-order valence-electron chi connectivity index (χ0n) is 1.87. The molecule has 0 N–H and O–H groups in total. The molecular weight excluding hydrogens is 166 g/mol. The minimum atomic E-state index is 0. The molecule has 0 rings (SSSR count). The van der Waals surface area contributed by atoms with Crippen molar-refractivity contribution in [2.24, 2.45) is 0 Å². The van der Waals surface area contributed by atoms with Gasteiger partial charge in [0, 0.05) is 0 Å². The largest absolute Gasteiger partial charge is 2.00 e. The third kappa shape index (κ3) is 41.3. The molecule has 0 heterocycles. The van der Waals surface area contributed by atoms with Gasteiger partial charge in [-0.3, -0.25) is 0 Å². The Balaban J connectivity index is -0.0000000133. The van der Waals surface area contributed by atoms with Crippen molar-refractivity contribution in [3.63, 3.8) is 0 Å². The van der Waals surface area contributed by atoms with Gasteiger partial charge in [-0.05, 0) is 0 Å². The van der Waals surface area contributed by atoms with E-state index < -0.39 is 0 Å². The van der Waals surface area contributed by atoms with Crippen LogP contribution in [0.2, 0.25) is 0 Å². The van der Waals surface area contributed by atoms with E-state index in [0.717, 1.165) is 0 Å². The van der Waals surface area contributed by atoms with Crippen LogP contribution < -0.4 is 0 Å². The van der Waals surface area contributed by atoms with E-state index in [1.807, 2.05) is 0 Å². The predicted molar refractivity (Wildman–Crippen MR) is 16.9 cm³/mol. The number of hydrogen-bond acceptors (Lipinski definition) is 2. The van der Waals surface area contributed by atoms with Crippen molar-refractivity contribution in [2.75, 3.05) is 0 Å². The van der Waals surface area contributed by atoms with E-state index in [-0.39, 0.29) is 17.1 Å². The quantitative estimate of drug-likeness (QED) is 0.386. The first-order valence-electron chi connectivity index (χ1n) is 0.309. The Bertz CT molecular complexity index is 7.61. The van der Waals surface area contributed by atoms with Gasteiger partial charge in [-0.1, -0.05) is 0 Å². The summed E-state index contributed by atoms with van der Waals surface area (Å²) in [6.07, 6.45) is 0. The second-order valence-corrected chi connectivity index (χ2v) is 0. The molecule has 0 aromatic carbocycles. The van der Waals surface area contributed by atoms with E-state index in [0.29, 0.717) is 0 Å². The van der Waals surface area contributed by atoms with Gasteiger partial charge in [0.2, 0.25) is 0 Å². The molecular formula is CuF2S2. The summed E-state index contributed by atoms with van der Waals surface area (Å²) in [5.74, 6) is 0. The van der Waals surface area contributed by atoms with Crippen molar-refractivity contribution in [2.45, 2.75) is 0 Å². The van der Waals surface area contributed by atoms with Gasteiger partial charge in [-0.25, -0.2) is 0 Å². The zero-order chi connectivity index (χ0) is 4.00. The molecule has 0 aliphatic carbocycles. The van der Waals surface area contributed by atoms with E-state index in [9.17, 15) is 0 Å². The molecule has 0 bridgehead atoms. The van der Waals surface area contributed by atoms with Crippen LogP contribution in [0.15, 0.2) is 0 Å². The van der Waals surface area contributed by atoms with Gasteiger partial charge in [0.1, 0.15) is 0 Å². The van der Waals surface area contributed by atoms with E-state index in [1.165, 1.54) is 0 Å². The Morgan fingerprint density at radius 2 is 0.800 bits per heavy atom. The molecule has 0 spiro atoms. The first-order valence-corrected chi connectivity index (χ1v) is 0.926. The Kier molecular flexibility index (Phi) is 240. The topological polar surface area (TPSA) is 0 Å². The summed E-state index contributed by atoms with van der Waals surface area (Å²) in [6, 6.07) is 0. The van der Waals surface area contributed by atoms with E-state index in [2.05, 4.69) is 26.0 Å². The van der Waals surface area contributed by atoms with Crippen LogP contribution in [0.1, 0.15) is 0 Å². The fourth-order valence-corrected chi connectivity index (χ4v) is 0. The Morgan fingerprint density at radius 1 is 0.800 bits per heavy atom. The number of rotatable bonds is 0. The third-order valence-corrected chi connectivity index (χ3v) is 0. The van der Waals surface area contributed by atoms with Gasteiger partial charge >= 0.3 is 17.1 Å². The smallest absolute Gasteiger partial charge is 0.572 e. The van der Waals surface area contributed by atoms with E-state index >= 15 is 0 Å². The summed E-state index contributed by atoms with van der Waals surface area (Å²) in [6.45, 7) is 0. The molecule has 0 unspecified atom stereocenters. The number of hydrogen-bond donors (Lipinski definition) is 0. The molecule has 0 aliphatic heterocycles. The van der Waals surface area contributed by atoms with Crippen molar-refractivity contribution in [3.8, 4) is 0 Å². The van der Waals surface area contributed by atoms with Crippen molar-refractivity contribution < 1.29 is 24.8 Å². The molecule has 0 nitrogen and oxygen atoms in total. The second-order valence-electron chi connectivity index (χ2n) is 0. The summed E-state index contributed by atoms with van der Waals surface area (Å²) < 4.78 is 18.2. The molecule has 0 aromatic rings. The Hall–Kier alpha value is 1.08. The Morgan fingerprint density at radius 3 is 0.800 bits per heavy atom. The van der Waals surface area contributed by atoms with Crippen LogP contribution in [-0.4, -0.2) is 0 Å². The maximum atomic E-state index is 9.08. The summed E-state index contributed by atoms with van der Waals surface area (Å²) in [5, 5.41) is 0. The molecule has 1 radical (unpaired) electrons. The normalized spacial score (nSPS) is 2.40. The minimum absolute atomic E-state index is 0. The van der Waals surface area contributed by atoms with Crippen LogP contribution >= 0.6 is 0 Å². The molecule has 0 saturated carbocycles. The van der Waals surface area contributed by atoms with Crippen molar-refractivity contribution in [3.05, 3.63) is 0 Å². The van der Waals surface area contributed by atoms with Crippen LogP contribution in [0.3, 0.4) is 0 Å². The van der Waals surface area contributed by atoms with Crippen LogP contribution in [-0.2, 0) is 43.1 Å². The summed E-state index contributed by atoms with van der Waals surface area (Å²) >= 11 is 5.17. The summed E-state index contributed by atoms with van der Waals surface area (Å²) in [5.41, 5.74) is 0. The molecule has 5 heteroatoms. The maximum Gasteiger partial charge on any atom is 2.00 e. The van der Waals surface area contributed by atoms with E-state index in [1.54, 1.807) is 0 Å². The SMILES string of the molecule is F[S-].F[S-].[Cu+2]. The average molecular weight is 166 g/mol. The molecule has 0 fully saturated rings. The molecule has 5 heavy (non-hydrogen) atoms. The third-order valence-electron chi connectivity index (χ3n) is 0. The van der Waals surface area contributed by atoms with Gasteiger partial charge in [-0.2, -0.15) is 0 Å². The first kappa shape index (κ1) is 16.5. The van der Waals surface area contributed by atoms with Gasteiger partial charge < -0.3 is 33.8 Å². The van der Waals surface area contributed by atoms with E-state index in [4.69, 9.17) is 7.77 Å². The second kappa shape index (κ2) is 72.5. The molecule has 0 aliphatic rings. The average Bonchev–Trinajstić information content (AvgIpc) is 1.50. The summed E-state index contributed by atoms with van der Waals surface area (Å²) in [7, 11) is 0. The van der Waals surface area contributed by atoms with Gasteiger partial charge in [0.15, 0.2) is 0 Å². The van der Waals surface area contributed by atoms with Crippen LogP contribution in [0.4, 0.5) is 7.77 Å². The molecule has 37 valence electrons. The zero-order valence-corrected chi connectivity index (χ0v) is 4.45. The van der Waals surface area contributed by atoms with Crippen LogP contribution in [0.5, 0.6) is 0 Å². The van der Waals surface area contributed by atoms with Crippen LogP contribution in [0, 0.1) is 0 Å². The van der Waals surface area contributed by atoms with Crippen molar-refractivity contribution in [1.29, 1.82) is 0 Å². The van der Waals surface area contributed by atoms with Crippen LogP contribution in [0.25, 0.3) is 0 Å². The maximum absolute atomic E-state index is 9.08.